The molecule has 0 atom stereocenters. The predicted octanol–water partition coefficient (Wildman–Crippen LogP) is 2.46. The van der Waals surface area contributed by atoms with Crippen molar-refractivity contribution in [1.82, 2.24) is 5.32 Å². The molecule has 2 rings (SSSR count). The van der Waals surface area contributed by atoms with Gasteiger partial charge in [-0.2, -0.15) is 0 Å². The third kappa shape index (κ3) is 5.36. The summed E-state index contributed by atoms with van der Waals surface area (Å²) in [5, 5.41) is 5.33. The summed E-state index contributed by atoms with van der Waals surface area (Å²) in [5.41, 5.74) is 2.24. The summed E-state index contributed by atoms with van der Waals surface area (Å²) in [7, 11) is 0. The molecule has 2 amide bonds. The van der Waals surface area contributed by atoms with Gasteiger partial charge in [-0.1, -0.05) is 17.7 Å². The van der Waals surface area contributed by atoms with Gasteiger partial charge >= 0.3 is 5.97 Å². The van der Waals surface area contributed by atoms with E-state index in [0.29, 0.717) is 10.7 Å². The maximum Gasteiger partial charge on any atom is 0.325 e. The number of furan rings is 1. The van der Waals surface area contributed by atoms with Crippen molar-refractivity contribution in [2.24, 2.45) is 0 Å². The molecular formula is C17H17ClN2O5. The standard InChI is InChI=1S/C17H17ClN2O5/c1-10-6-11(2)16(12(18)7-10)20-14(21)9-25-15(22)8-19-17(23)13-4-3-5-24-13/h3-7H,8-9H2,1-2H3,(H,19,23)(H,20,21). The first-order valence-electron chi connectivity index (χ1n) is 7.40. The van der Waals surface area contributed by atoms with Gasteiger partial charge in [0.15, 0.2) is 12.4 Å². The van der Waals surface area contributed by atoms with Crippen molar-refractivity contribution < 1.29 is 23.5 Å². The van der Waals surface area contributed by atoms with Crippen LogP contribution in [0.5, 0.6) is 0 Å². The first-order chi connectivity index (χ1) is 11.9. The van der Waals surface area contributed by atoms with E-state index >= 15 is 0 Å². The van der Waals surface area contributed by atoms with Crippen LogP contribution in [-0.4, -0.2) is 30.9 Å². The summed E-state index contributed by atoms with van der Waals surface area (Å²) in [5.74, 6) is -1.75. The van der Waals surface area contributed by atoms with E-state index in [1.165, 1.54) is 12.3 Å². The number of carbonyl (C=O) groups excluding carboxylic acids is 3. The summed E-state index contributed by atoms with van der Waals surface area (Å²) in [6, 6.07) is 6.61. The van der Waals surface area contributed by atoms with Gasteiger partial charge in [0.1, 0.15) is 6.54 Å². The lowest BCUT2D eigenvalue weighted by molar-refractivity contribution is -0.146. The van der Waals surface area contributed by atoms with Crippen molar-refractivity contribution in [1.29, 1.82) is 0 Å². The predicted molar refractivity (Wildman–Crippen MR) is 91.6 cm³/mol. The number of rotatable bonds is 6. The van der Waals surface area contributed by atoms with Gasteiger partial charge in [-0.25, -0.2) is 0 Å². The van der Waals surface area contributed by atoms with Gasteiger partial charge in [0.05, 0.1) is 17.0 Å². The molecule has 0 aliphatic carbocycles. The van der Waals surface area contributed by atoms with Crippen LogP contribution in [-0.2, 0) is 14.3 Å². The molecule has 0 radical (unpaired) electrons. The second kappa shape index (κ2) is 8.34. The van der Waals surface area contributed by atoms with Crippen LogP contribution in [0.15, 0.2) is 34.9 Å². The van der Waals surface area contributed by atoms with Crippen molar-refractivity contribution in [3.05, 3.63) is 52.4 Å². The molecule has 0 aliphatic rings. The van der Waals surface area contributed by atoms with E-state index < -0.39 is 24.4 Å². The Bertz CT molecular complexity index is 763. The smallest absolute Gasteiger partial charge is 0.325 e. The van der Waals surface area contributed by atoms with E-state index in [4.69, 9.17) is 20.8 Å². The number of nitrogens with one attached hydrogen (secondary N) is 2. The number of halogens is 1. The Balaban J connectivity index is 1.78. The Kier molecular flexibility index (Phi) is 6.19. The molecule has 25 heavy (non-hydrogen) atoms. The summed E-state index contributed by atoms with van der Waals surface area (Å²) in [6.07, 6.45) is 1.34. The van der Waals surface area contributed by atoms with E-state index in [0.717, 1.165) is 11.1 Å². The summed E-state index contributed by atoms with van der Waals surface area (Å²) in [4.78, 5) is 35.0. The molecule has 0 spiro atoms. The van der Waals surface area contributed by atoms with E-state index in [1.54, 1.807) is 12.1 Å². The highest BCUT2D eigenvalue weighted by Gasteiger charge is 2.14. The van der Waals surface area contributed by atoms with Crippen molar-refractivity contribution in [2.45, 2.75) is 13.8 Å². The Morgan fingerprint density at radius 2 is 2.00 bits per heavy atom. The number of carbonyl (C=O) groups is 3. The molecule has 1 heterocycles. The van der Waals surface area contributed by atoms with E-state index in [1.807, 2.05) is 19.9 Å². The zero-order valence-electron chi connectivity index (χ0n) is 13.7. The number of esters is 1. The van der Waals surface area contributed by atoms with E-state index in [-0.39, 0.29) is 12.3 Å². The third-order valence-corrected chi connectivity index (χ3v) is 3.50. The lowest BCUT2D eigenvalue weighted by Crippen LogP contribution is -2.32. The monoisotopic (exact) mass is 364 g/mol. The topological polar surface area (TPSA) is 97.6 Å². The van der Waals surface area contributed by atoms with Crippen LogP contribution in [0.4, 0.5) is 5.69 Å². The van der Waals surface area contributed by atoms with Crippen LogP contribution < -0.4 is 10.6 Å². The zero-order chi connectivity index (χ0) is 18.4. The molecule has 0 saturated carbocycles. The lowest BCUT2D eigenvalue weighted by Gasteiger charge is -2.12. The summed E-state index contributed by atoms with van der Waals surface area (Å²) >= 11 is 6.10. The van der Waals surface area contributed by atoms with E-state index in [2.05, 4.69) is 10.6 Å². The van der Waals surface area contributed by atoms with Crippen molar-refractivity contribution in [2.75, 3.05) is 18.5 Å². The number of hydrogen-bond acceptors (Lipinski definition) is 5. The Morgan fingerprint density at radius 1 is 1.24 bits per heavy atom. The quantitative estimate of drug-likeness (QED) is 0.767. The van der Waals surface area contributed by atoms with Gasteiger partial charge in [0.2, 0.25) is 0 Å². The normalized spacial score (nSPS) is 10.2. The average Bonchev–Trinajstić information content (AvgIpc) is 3.08. The number of aryl methyl sites for hydroxylation is 2. The van der Waals surface area contributed by atoms with Gasteiger partial charge in [-0.3, -0.25) is 14.4 Å². The number of benzene rings is 1. The summed E-state index contributed by atoms with van der Waals surface area (Å²) < 4.78 is 9.69. The Morgan fingerprint density at radius 3 is 2.64 bits per heavy atom. The highest BCUT2D eigenvalue weighted by Crippen LogP contribution is 2.27. The number of amides is 2. The third-order valence-electron chi connectivity index (χ3n) is 3.20. The van der Waals surface area contributed by atoms with Crippen LogP contribution >= 0.6 is 11.6 Å². The first-order valence-corrected chi connectivity index (χ1v) is 7.78. The van der Waals surface area contributed by atoms with Crippen molar-refractivity contribution in [3.63, 3.8) is 0 Å². The maximum atomic E-state index is 11.9. The molecule has 2 N–H and O–H groups in total. The highest BCUT2D eigenvalue weighted by molar-refractivity contribution is 6.34. The second-order valence-electron chi connectivity index (χ2n) is 5.31. The molecule has 7 nitrogen and oxygen atoms in total. The molecule has 1 aromatic heterocycles. The van der Waals surface area contributed by atoms with E-state index in [9.17, 15) is 14.4 Å². The van der Waals surface area contributed by atoms with Gasteiger partial charge in [0, 0.05) is 0 Å². The fourth-order valence-electron chi connectivity index (χ4n) is 2.09. The maximum absolute atomic E-state index is 11.9. The van der Waals surface area contributed by atoms with Crippen LogP contribution in [0, 0.1) is 13.8 Å². The molecular weight excluding hydrogens is 348 g/mol. The van der Waals surface area contributed by atoms with Crippen LogP contribution in [0.1, 0.15) is 21.7 Å². The largest absolute Gasteiger partial charge is 0.459 e. The average molecular weight is 365 g/mol. The fraction of sp³-hybridized carbons (Fsp3) is 0.235. The summed E-state index contributed by atoms with van der Waals surface area (Å²) in [6.45, 7) is 2.84. The lowest BCUT2D eigenvalue weighted by atomic mass is 10.1. The SMILES string of the molecule is Cc1cc(C)c(NC(=O)COC(=O)CNC(=O)c2ccco2)c(Cl)c1. The highest BCUT2D eigenvalue weighted by atomic mass is 35.5. The molecule has 0 bridgehead atoms. The Labute approximate surface area is 149 Å². The minimum absolute atomic E-state index is 0.0787. The van der Waals surface area contributed by atoms with Crippen LogP contribution in [0.3, 0.4) is 0 Å². The molecule has 0 aliphatic heterocycles. The number of hydrogen-bond donors (Lipinski definition) is 2. The molecule has 0 unspecified atom stereocenters. The van der Waals surface area contributed by atoms with Crippen molar-refractivity contribution >= 4 is 35.1 Å². The first kappa shape index (κ1) is 18.5. The minimum atomic E-state index is -0.748. The van der Waals surface area contributed by atoms with Gasteiger partial charge < -0.3 is 19.8 Å². The zero-order valence-corrected chi connectivity index (χ0v) is 14.5. The second-order valence-corrected chi connectivity index (χ2v) is 5.71. The minimum Gasteiger partial charge on any atom is -0.459 e. The number of ether oxygens (including phenoxy) is 1. The van der Waals surface area contributed by atoms with Crippen LogP contribution in [0.2, 0.25) is 5.02 Å². The molecule has 132 valence electrons. The van der Waals surface area contributed by atoms with Crippen LogP contribution in [0.25, 0.3) is 0 Å². The van der Waals surface area contributed by atoms with Gasteiger partial charge in [-0.15, -0.1) is 0 Å². The molecule has 0 saturated heterocycles. The van der Waals surface area contributed by atoms with Crippen molar-refractivity contribution in [3.8, 4) is 0 Å². The fourth-order valence-corrected chi connectivity index (χ4v) is 2.46. The van der Waals surface area contributed by atoms with Gasteiger partial charge in [-0.05, 0) is 43.2 Å². The van der Waals surface area contributed by atoms with Gasteiger partial charge in [0.25, 0.3) is 11.8 Å². The molecule has 2 aromatic rings. The Hall–Kier alpha value is -2.80. The molecule has 0 fully saturated rings. The number of anilines is 1. The molecule has 1 aromatic carbocycles. The molecule has 8 heteroatoms.